The molecule has 4 nitrogen and oxygen atoms in total. The van der Waals surface area contributed by atoms with Crippen LogP contribution in [0.15, 0.2) is 176 Å². The number of nitrogens with zero attached hydrogens (tertiary/aromatic N) is 3. The summed E-state index contributed by atoms with van der Waals surface area (Å²) in [6.07, 6.45) is 0. The maximum absolute atomic E-state index is 6.84. The van der Waals surface area contributed by atoms with Crippen LogP contribution < -0.4 is 4.74 Å². The smallest absolute Gasteiger partial charge is 0.164 e. The van der Waals surface area contributed by atoms with Gasteiger partial charge >= 0.3 is 0 Å². The number of hydrogen-bond acceptors (Lipinski definition) is 4. The fraction of sp³-hybridized carbons (Fsp3) is 0. The van der Waals surface area contributed by atoms with Crippen molar-refractivity contribution in [2.45, 2.75) is 0 Å². The molecule has 1 aromatic heterocycles. The predicted octanol–water partition coefficient (Wildman–Crippen LogP) is 11.6. The molecule has 0 spiro atoms. The molecule has 0 saturated heterocycles. The van der Waals surface area contributed by atoms with Gasteiger partial charge in [0.2, 0.25) is 0 Å². The van der Waals surface area contributed by atoms with Crippen LogP contribution in [0.1, 0.15) is 0 Å². The van der Waals surface area contributed by atoms with Crippen LogP contribution in [0.2, 0.25) is 0 Å². The van der Waals surface area contributed by atoms with Gasteiger partial charge in [-0.3, -0.25) is 0 Å². The Hall–Kier alpha value is -6.65. The van der Waals surface area contributed by atoms with Crippen LogP contribution in [0.3, 0.4) is 0 Å². The Labute approximate surface area is 285 Å². The second-order valence-corrected chi connectivity index (χ2v) is 12.0. The topological polar surface area (TPSA) is 47.9 Å². The predicted molar refractivity (Wildman–Crippen MR) is 198 cm³/mol. The number of aromatic nitrogens is 3. The zero-order chi connectivity index (χ0) is 32.6. The highest BCUT2D eigenvalue weighted by Crippen LogP contribution is 2.48. The molecule has 9 rings (SSSR count). The lowest BCUT2D eigenvalue weighted by molar-refractivity contribution is 0.486. The van der Waals surface area contributed by atoms with E-state index < -0.39 is 0 Å². The van der Waals surface area contributed by atoms with Crippen molar-refractivity contribution in [1.29, 1.82) is 0 Å². The summed E-state index contributed by atoms with van der Waals surface area (Å²) in [5, 5.41) is 0. The number of para-hydroxylation sites is 2. The first-order chi connectivity index (χ1) is 24.3. The van der Waals surface area contributed by atoms with E-state index in [4.69, 9.17) is 19.7 Å². The zero-order valence-electron chi connectivity index (χ0n) is 26.5. The zero-order valence-corrected chi connectivity index (χ0v) is 26.5. The van der Waals surface area contributed by atoms with Crippen LogP contribution >= 0.6 is 0 Å². The molecule has 0 fully saturated rings. The van der Waals surface area contributed by atoms with E-state index in [9.17, 15) is 0 Å². The van der Waals surface area contributed by atoms with Crippen LogP contribution in [0.4, 0.5) is 0 Å². The van der Waals surface area contributed by atoms with Crippen molar-refractivity contribution >= 4 is 0 Å². The third-order valence-electron chi connectivity index (χ3n) is 8.99. The minimum Gasteiger partial charge on any atom is -0.456 e. The molecule has 49 heavy (non-hydrogen) atoms. The minimum atomic E-state index is 0.604. The molecule has 0 bridgehead atoms. The maximum atomic E-state index is 6.84. The van der Waals surface area contributed by atoms with Crippen molar-refractivity contribution in [1.82, 2.24) is 15.0 Å². The van der Waals surface area contributed by atoms with Gasteiger partial charge in [0.25, 0.3) is 0 Å². The number of fused-ring (bicyclic) bond motifs is 9. The lowest BCUT2D eigenvalue weighted by Gasteiger charge is -2.18. The SMILES string of the molecule is c1ccc(-c2nc(-c3ccccc3)nc(-c3ccc4c(c3)-c3ccccc3Oc3ccccc3-c3ccccc3-c3ccccc3-4)n2)cc1. The molecule has 7 aromatic carbocycles. The molecule has 0 aliphatic carbocycles. The second kappa shape index (κ2) is 12.2. The van der Waals surface area contributed by atoms with Crippen molar-refractivity contribution < 1.29 is 4.74 Å². The Bertz CT molecular complexity index is 2420. The van der Waals surface area contributed by atoms with Crippen LogP contribution in [0, 0.1) is 0 Å². The molecular formula is C45H29N3O. The summed E-state index contributed by atoms with van der Waals surface area (Å²) < 4.78 is 6.84. The lowest BCUT2D eigenvalue weighted by atomic mass is 9.86. The largest absolute Gasteiger partial charge is 0.456 e. The van der Waals surface area contributed by atoms with Gasteiger partial charge < -0.3 is 4.74 Å². The van der Waals surface area contributed by atoms with Crippen LogP contribution in [0.25, 0.3) is 78.7 Å². The molecule has 0 atom stereocenters. The molecule has 0 unspecified atom stereocenters. The van der Waals surface area contributed by atoms with E-state index in [-0.39, 0.29) is 0 Å². The lowest BCUT2D eigenvalue weighted by Crippen LogP contribution is -2.00. The Morgan fingerprint density at radius 3 is 1.10 bits per heavy atom. The van der Waals surface area contributed by atoms with E-state index in [0.717, 1.165) is 72.7 Å². The summed E-state index contributed by atoms with van der Waals surface area (Å²) in [4.78, 5) is 15.0. The van der Waals surface area contributed by atoms with Crippen molar-refractivity contribution in [2.24, 2.45) is 0 Å². The monoisotopic (exact) mass is 627 g/mol. The molecule has 0 amide bonds. The Balaban J connectivity index is 1.32. The molecule has 8 aromatic rings. The normalized spacial score (nSPS) is 11.4. The van der Waals surface area contributed by atoms with Crippen molar-refractivity contribution in [3.05, 3.63) is 176 Å². The highest BCUT2D eigenvalue weighted by molar-refractivity contribution is 5.98. The van der Waals surface area contributed by atoms with Gasteiger partial charge in [-0.25, -0.2) is 15.0 Å². The Morgan fingerprint density at radius 2 is 0.612 bits per heavy atom. The van der Waals surface area contributed by atoms with E-state index in [2.05, 4.69) is 91.0 Å². The molecule has 230 valence electrons. The summed E-state index contributed by atoms with van der Waals surface area (Å²) in [5.74, 6) is 3.44. The van der Waals surface area contributed by atoms with Gasteiger partial charge in [-0.15, -0.1) is 0 Å². The highest BCUT2D eigenvalue weighted by Gasteiger charge is 2.22. The van der Waals surface area contributed by atoms with Crippen molar-refractivity contribution in [2.75, 3.05) is 0 Å². The molecule has 1 aliphatic heterocycles. The van der Waals surface area contributed by atoms with E-state index in [1.54, 1.807) is 0 Å². The first kappa shape index (κ1) is 28.6. The molecule has 0 radical (unpaired) electrons. The second-order valence-electron chi connectivity index (χ2n) is 12.0. The minimum absolute atomic E-state index is 0.604. The number of ether oxygens (including phenoxy) is 1. The summed E-state index contributed by atoms with van der Waals surface area (Å²) >= 11 is 0. The highest BCUT2D eigenvalue weighted by atomic mass is 16.5. The summed E-state index contributed by atoms with van der Waals surface area (Å²) in [6, 6.07) is 60.4. The van der Waals surface area contributed by atoms with Crippen molar-refractivity contribution in [3.8, 4) is 90.2 Å². The van der Waals surface area contributed by atoms with Crippen LogP contribution in [-0.4, -0.2) is 15.0 Å². The van der Waals surface area contributed by atoms with E-state index >= 15 is 0 Å². The van der Waals surface area contributed by atoms with E-state index in [0.29, 0.717) is 17.5 Å². The van der Waals surface area contributed by atoms with Gasteiger partial charge in [0.1, 0.15) is 11.5 Å². The third-order valence-corrected chi connectivity index (χ3v) is 8.99. The van der Waals surface area contributed by atoms with Gasteiger partial charge in [0.15, 0.2) is 17.5 Å². The van der Waals surface area contributed by atoms with Gasteiger partial charge in [0.05, 0.1) is 0 Å². The average molecular weight is 628 g/mol. The van der Waals surface area contributed by atoms with Gasteiger partial charge in [-0.2, -0.15) is 0 Å². The molecule has 1 aliphatic rings. The summed E-state index contributed by atoms with van der Waals surface area (Å²) in [5.41, 5.74) is 11.5. The Kier molecular flexibility index (Phi) is 7.10. The van der Waals surface area contributed by atoms with Crippen LogP contribution in [0.5, 0.6) is 11.5 Å². The molecular weight excluding hydrogens is 599 g/mol. The molecule has 0 N–H and O–H groups in total. The number of hydrogen-bond donors (Lipinski definition) is 0. The number of rotatable bonds is 3. The molecule has 4 heteroatoms. The molecule has 0 saturated carbocycles. The summed E-state index contributed by atoms with van der Waals surface area (Å²) in [6.45, 7) is 0. The first-order valence-electron chi connectivity index (χ1n) is 16.4. The standard InChI is InChI=1S/C45H29N3O/c1-3-15-30(16-4-1)43-46-44(31-17-5-2-6-18-31)48-45(47-43)32-27-28-37-35-21-8-7-19-33(35)34-20-9-10-22-36(34)38-23-11-13-25-41(38)49-42-26-14-12-24-39(42)40(37)29-32/h1-29H. The molecule has 2 heterocycles. The van der Waals surface area contributed by atoms with E-state index in [1.165, 1.54) is 0 Å². The fourth-order valence-corrected chi connectivity index (χ4v) is 6.66. The first-order valence-corrected chi connectivity index (χ1v) is 16.4. The average Bonchev–Trinajstić information content (AvgIpc) is 3.20. The van der Waals surface area contributed by atoms with Gasteiger partial charge in [0, 0.05) is 27.8 Å². The fourth-order valence-electron chi connectivity index (χ4n) is 6.66. The van der Waals surface area contributed by atoms with Crippen LogP contribution in [-0.2, 0) is 0 Å². The quantitative estimate of drug-likeness (QED) is 0.196. The van der Waals surface area contributed by atoms with Gasteiger partial charge in [-0.05, 0) is 51.6 Å². The van der Waals surface area contributed by atoms with E-state index in [1.807, 2.05) is 84.9 Å². The maximum Gasteiger partial charge on any atom is 0.164 e. The van der Waals surface area contributed by atoms with Gasteiger partial charge in [-0.1, -0.05) is 158 Å². The third kappa shape index (κ3) is 5.26. The van der Waals surface area contributed by atoms with Crippen molar-refractivity contribution in [3.63, 3.8) is 0 Å². The Morgan fingerprint density at radius 1 is 0.265 bits per heavy atom. The number of benzene rings is 7. The summed E-state index contributed by atoms with van der Waals surface area (Å²) in [7, 11) is 0.